The summed E-state index contributed by atoms with van der Waals surface area (Å²) in [5, 5.41) is 0. The van der Waals surface area contributed by atoms with E-state index in [9.17, 15) is 0 Å². The zero-order valence-corrected chi connectivity index (χ0v) is 11.5. The van der Waals surface area contributed by atoms with Crippen molar-refractivity contribution in [3.63, 3.8) is 0 Å². The fourth-order valence-electron chi connectivity index (χ4n) is 2.59. The summed E-state index contributed by atoms with van der Waals surface area (Å²) in [7, 11) is 1.69. The Kier molecular flexibility index (Phi) is 4.07. The van der Waals surface area contributed by atoms with E-state index < -0.39 is 0 Å². The Labute approximate surface area is 110 Å². The molecule has 1 aromatic rings. The van der Waals surface area contributed by atoms with Gasteiger partial charge in [0.2, 0.25) is 0 Å². The first kappa shape index (κ1) is 13.2. The van der Waals surface area contributed by atoms with Crippen molar-refractivity contribution in [2.45, 2.75) is 38.9 Å². The van der Waals surface area contributed by atoms with Gasteiger partial charge in [0.15, 0.2) is 0 Å². The van der Waals surface area contributed by atoms with Crippen LogP contribution in [0.1, 0.15) is 38.4 Å². The fourth-order valence-corrected chi connectivity index (χ4v) is 2.59. The predicted molar refractivity (Wildman–Crippen MR) is 73.8 cm³/mol. The van der Waals surface area contributed by atoms with Gasteiger partial charge in [0.05, 0.1) is 19.3 Å². The van der Waals surface area contributed by atoms with Gasteiger partial charge in [-0.2, -0.15) is 0 Å². The molecule has 0 spiro atoms. The molecule has 0 bridgehead atoms. The minimum Gasteiger partial charge on any atom is -0.497 e. The Morgan fingerprint density at radius 3 is 2.50 bits per heavy atom. The van der Waals surface area contributed by atoms with Gasteiger partial charge in [-0.25, -0.2) is 0 Å². The Hall–Kier alpha value is -1.28. The zero-order chi connectivity index (χ0) is 13.1. The minimum absolute atomic E-state index is 0.136. The lowest BCUT2D eigenvalue weighted by atomic mass is 9.83. The maximum Gasteiger partial charge on any atom is 0.118 e. The van der Waals surface area contributed by atoms with Gasteiger partial charge in [0.25, 0.3) is 0 Å². The highest BCUT2D eigenvalue weighted by atomic mass is 16.5. The average molecular weight is 246 g/mol. The van der Waals surface area contributed by atoms with Crippen molar-refractivity contribution in [3.05, 3.63) is 42.0 Å². The third kappa shape index (κ3) is 2.75. The van der Waals surface area contributed by atoms with Gasteiger partial charge in [-0.3, -0.25) is 0 Å². The van der Waals surface area contributed by atoms with Crippen LogP contribution in [0.25, 0.3) is 0 Å². The van der Waals surface area contributed by atoms with Gasteiger partial charge in [-0.05, 0) is 44.4 Å². The quantitative estimate of drug-likeness (QED) is 0.747. The van der Waals surface area contributed by atoms with Crippen LogP contribution in [0, 0.1) is 5.92 Å². The molecule has 1 aromatic carbocycles. The van der Waals surface area contributed by atoms with Crippen LogP contribution >= 0.6 is 0 Å². The van der Waals surface area contributed by atoms with Crippen LogP contribution in [0.3, 0.4) is 0 Å². The number of benzene rings is 1. The summed E-state index contributed by atoms with van der Waals surface area (Å²) in [5.74, 6) is 1.31. The molecule has 18 heavy (non-hydrogen) atoms. The van der Waals surface area contributed by atoms with E-state index in [4.69, 9.17) is 9.47 Å². The number of hydrogen-bond donors (Lipinski definition) is 0. The molecule has 3 atom stereocenters. The van der Waals surface area contributed by atoms with Crippen molar-refractivity contribution in [2.75, 3.05) is 7.11 Å². The first-order chi connectivity index (χ1) is 8.61. The fraction of sp³-hybridized carbons (Fsp3) is 0.500. The molecule has 0 aromatic heterocycles. The Balaban J connectivity index is 2.23. The Morgan fingerprint density at radius 1 is 1.28 bits per heavy atom. The molecule has 0 N–H and O–H groups in total. The molecule has 1 fully saturated rings. The van der Waals surface area contributed by atoms with E-state index >= 15 is 0 Å². The lowest BCUT2D eigenvalue weighted by Crippen LogP contribution is -2.28. The van der Waals surface area contributed by atoms with E-state index in [-0.39, 0.29) is 6.10 Å². The summed E-state index contributed by atoms with van der Waals surface area (Å²) < 4.78 is 11.3. The smallest absolute Gasteiger partial charge is 0.118 e. The second-order valence-electron chi connectivity index (χ2n) is 5.17. The molecular formula is C16H22O2. The normalized spacial score (nSPS) is 27.8. The van der Waals surface area contributed by atoms with Gasteiger partial charge in [0.1, 0.15) is 5.75 Å². The van der Waals surface area contributed by atoms with E-state index in [0.717, 1.165) is 18.6 Å². The Morgan fingerprint density at radius 2 is 1.94 bits per heavy atom. The second kappa shape index (κ2) is 5.57. The van der Waals surface area contributed by atoms with Crippen molar-refractivity contribution >= 4 is 0 Å². The summed E-state index contributed by atoms with van der Waals surface area (Å²) in [6.07, 6.45) is 2.74. The van der Waals surface area contributed by atoms with E-state index in [1.54, 1.807) is 7.11 Å². The molecule has 1 aliphatic heterocycles. The summed E-state index contributed by atoms with van der Waals surface area (Å²) in [6.45, 7) is 8.35. The molecule has 98 valence electrons. The summed E-state index contributed by atoms with van der Waals surface area (Å²) in [6, 6.07) is 8.18. The van der Waals surface area contributed by atoms with Crippen molar-refractivity contribution in [3.8, 4) is 5.75 Å². The van der Waals surface area contributed by atoms with Crippen LogP contribution in [0.5, 0.6) is 5.75 Å². The molecule has 0 radical (unpaired) electrons. The zero-order valence-electron chi connectivity index (χ0n) is 11.5. The van der Waals surface area contributed by atoms with Crippen molar-refractivity contribution in [1.82, 2.24) is 0 Å². The van der Waals surface area contributed by atoms with E-state index in [2.05, 4.69) is 32.6 Å². The molecule has 0 aliphatic carbocycles. The molecular weight excluding hydrogens is 224 g/mol. The lowest BCUT2D eigenvalue weighted by molar-refractivity contribution is -0.0672. The van der Waals surface area contributed by atoms with Crippen LogP contribution in [-0.4, -0.2) is 13.2 Å². The maximum atomic E-state index is 6.12. The summed E-state index contributed by atoms with van der Waals surface area (Å²) >= 11 is 0. The molecule has 1 aliphatic rings. The van der Waals surface area contributed by atoms with Crippen LogP contribution in [0.2, 0.25) is 0 Å². The average Bonchev–Trinajstić information content (AvgIpc) is 2.38. The third-order valence-corrected chi connectivity index (χ3v) is 3.71. The standard InChI is InChI=1S/C16H22O2/c1-11(2)15-10-5-12(3)18-16(15)13-6-8-14(17-4)9-7-13/h6-9,12,15-16H,1,5,10H2,2-4H3/t12-,15+,16+/m1/s1. The number of methoxy groups -OCH3 is 1. The highest BCUT2D eigenvalue weighted by Gasteiger charge is 2.30. The Bertz CT molecular complexity index is 408. The van der Waals surface area contributed by atoms with E-state index in [0.29, 0.717) is 12.0 Å². The van der Waals surface area contributed by atoms with Crippen LogP contribution in [0.4, 0.5) is 0 Å². The molecule has 2 nitrogen and oxygen atoms in total. The van der Waals surface area contributed by atoms with E-state index in [1.807, 2.05) is 12.1 Å². The molecule has 0 amide bonds. The van der Waals surface area contributed by atoms with Crippen LogP contribution < -0.4 is 4.74 Å². The van der Waals surface area contributed by atoms with Crippen molar-refractivity contribution in [1.29, 1.82) is 0 Å². The molecule has 0 unspecified atom stereocenters. The van der Waals surface area contributed by atoms with Gasteiger partial charge >= 0.3 is 0 Å². The number of rotatable bonds is 3. The minimum atomic E-state index is 0.136. The molecule has 1 heterocycles. The summed E-state index contributed by atoms with van der Waals surface area (Å²) in [4.78, 5) is 0. The molecule has 2 rings (SSSR count). The van der Waals surface area contributed by atoms with Gasteiger partial charge < -0.3 is 9.47 Å². The van der Waals surface area contributed by atoms with Gasteiger partial charge in [-0.1, -0.05) is 24.3 Å². The lowest BCUT2D eigenvalue weighted by Gasteiger charge is -2.36. The predicted octanol–water partition coefficient (Wildman–Crippen LogP) is 4.13. The van der Waals surface area contributed by atoms with Gasteiger partial charge in [0, 0.05) is 5.92 Å². The molecule has 1 saturated heterocycles. The largest absolute Gasteiger partial charge is 0.497 e. The van der Waals surface area contributed by atoms with Gasteiger partial charge in [-0.15, -0.1) is 0 Å². The highest BCUT2D eigenvalue weighted by Crippen LogP contribution is 2.40. The van der Waals surface area contributed by atoms with Crippen molar-refractivity contribution < 1.29 is 9.47 Å². The van der Waals surface area contributed by atoms with Crippen molar-refractivity contribution in [2.24, 2.45) is 5.92 Å². The number of ether oxygens (including phenoxy) is 2. The first-order valence-electron chi connectivity index (χ1n) is 6.56. The SMILES string of the molecule is C=C(C)[C@@H]1CC[C@@H](C)O[C@H]1c1ccc(OC)cc1. The highest BCUT2D eigenvalue weighted by molar-refractivity contribution is 5.30. The molecule has 0 saturated carbocycles. The first-order valence-corrected chi connectivity index (χ1v) is 6.56. The second-order valence-corrected chi connectivity index (χ2v) is 5.17. The third-order valence-electron chi connectivity index (χ3n) is 3.71. The van der Waals surface area contributed by atoms with Crippen LogP contribution in [0.15, 0.2) is 36.4 Å². The topological polar surface area (TPSA) is 18.5 Å². The summed E-state index contributed by atoms with van der Waals surface area (Å²) in [5.41, 5.74) is 2.43. The van der Waals surface area contributed by atoms with E-state index in [1.165, 1.54) is 11.1 Å². The molecule has 2 heteroatoms. The maximum absolute atomic E-state index is 6.12. The van der Waals surface area contributed by atoms with Crippen LogP contribution in [-0.2, 0) is 4.74 Å². The monoisotopic (exact) mass is 246 g/mol. The number of hydrogen-bond acceptors (Lipinski definition) is 2.